The lowest BCUT2D eigenvalue weighted by atomic mass is 9.92. The molecule has 1 saturated heterocycles. The molecule has 2 atom stereocenters. The number of rotatable bonds is 6. The van der Waals surface area contributed by atoms with Crippen LogP contribution in [0.3, 0.4) is 0 Å². The third kappa shape index (κ3) is 4.09. The third-order valence-corrected chi connectivity index (χ3v) is 3.39. The molecule has 1 fully saturated rings. The Bertz CT molecular complexity index is 164. The van der Waals surface area contributed by atoms with Crippen LogP contribution in [-0.4, -0.2) is 37.9 Å². The molecule has 0 aromatic heterocycles. The van der Waals surface area contributed by atoms with Gasteiger partial charge in [-0.05, 0) is 19.4 Å². The van der Waals surface area contributed by atoms with Crippen LogP contribution in [0.4, 0.5) is 0 Å². The molecular weight excluding hydrogens is 188 g/mol. The summed E-state index contributed by atoms with van der Waals surface area (Å²) in [5, 5.41) is 2.27. The molecule has 1 heterocycles. The van der Waals surface area contributed by atoms with Gasteiger partial charge in [-0.1, -0.05) is 33.1 Å². The van der Waals surface area contributed by atoms with Crippen molar-refractivity contribution >= 4 is 0 Å². The number of nitrogens with zero attached hydrogens (tertiary/aromatic N) is 1. The Morgan fingerprint density at radius 3 is 2.87 bits per heavy atom. The molecule has 0 spiro atoms. The lowest BCUT2D eigenvalue weighted by Gasteiger charge is -2.36. The summed E-state index contributed by atoms with van der Waals surface area (Å²) in [6.07, 6.45) is 5.61. The minimum Gasteiger partial charge on any atom is -0.375 e. The molecular formula is C12H26N2O. The third-order valence-electron chi connectivity index (χ3n) is 3.39. The molecule has 0 aromatic rings. The molecule has 2 unspecified atom stereocenters. The van der Waals surface area contributed by atoms with Crippen molar-refractivity contribution in [1.29, 1.82) is 0 Å². The maximum atomic E-state index is 5.88. The molecule has 3 heteroatoms. The topological polar surface area (TPSA) is 24.5 Å². The van der Waals surface area contributed by atoms with Crippen molar-refractivity contribution in [3.05, 3.63) is 0 Å². The van der Waals surface area contributed by atoms with Crippen molar-refractivity contribution < 1.29 is 4.74 Å². The molecule has 1 rings (SSSR count). The first-order valence-electron chi connectivity index (χ1n) is 6.35. The molecule has 1 aliphatic heterocycles. The van der Waals surface area contributed by atoms with Crippen LogP contribution in [0.25, 0.3) is 0 Å². The van der Waals surface area contributed by atoms with Crippen LogP contribution in [0, 0.1) is 5.92 Å². The van der Waals surface area contributed by atoms with Gasteiger partial charge in [-0.25, -0.2) is 5.01 Å². The minimum atomic E-state index is 0.433. The average Bonchev–Trinajstić information content (AvgIpc) is 2.30. The zero-order valence-corrected chi connectivity index (χ0v) is 10.5. The van der Waals surface area contributed by atoms with Gasteiger partial charge in [-0.3, -0.25) is 5.43 Å². The van der Waals surface area contributed by atoms with Crippen LogP contribution in [0.2, 0.25) is 0 Å². The second kappa shape index (κ2) is 7.20. The number of ether oxygens (including phenoxy) is 1. The lowest BCUT2D eigenvalue weighted by molar-refractivity contribution is -0.0730. The monoisotopic (exact) mass is 214 g/mol. The van der Waals surface area contributed by atoms with Crippen molar-refractivity contribution in [2.24, 2.45) is 5.92 Å². The lowest BCUT2D eigenvalue weighted by Crippen LogP contribution is -2.50. The van der Waals surface area contributed by atoms with E-state index in [0.29, 0.717) is 6.10 Å². The maximum absolute atomic E-state index is 5.88. The van der Waals surface area contributed by atoms with Gasteiger partial charge in [0.25, 0.3) is 0 Å². The number of hydrogen-bond acceptors (Lipinski definition) is 3. The maximum Gasteiger partial charge on any atom is 0.0744 e. The highest BCUT2D eigenvalue weighted by Crippen LogP contribution is 2.21. The van der Waals surface area contributed by atoms with E-state index in [9.17, 15) is 0 Å². The fraction of sp³-hybridized carbons (Fsp3) is 1.00. The Hall–Kier alpha value is -0.120. The molecule has 0 aliphatic carbocycles. The predicted octanol–water partition coefficient (Wildman–Crippen LogP) is 2.04. The van der Waals surface area contributed by atoms with E-state index >= 15 is 0 Å². The van der Waals surface area contributed by atoms with Gasteiger partial charge >= 0.3 is 0 Å². The number of morpholine rings is 1. The number of hydrogen-bond donors (Lipinski definition) is 1. The van der Waals surface area contributed by atoms with Gasteiger partial charge in [0.15, 0.2) is 0 Å². The van der Waals surface area contributed by atoms with Crippen LogP contribution in [0.1, 0.15) is 39.5 Å². The highest BCUT2D eigenvalue weighted by atomic mass is 16.5. The second-order valence-corrected chi connectivity index (χ2v) is 4.39. The van der Waals surface area contributed by atoms with Crippen molar-refractivity contribution in [2.45, 2.75) is 45.6 Å². The number of hydrazine groups is 1. The van der Waals surface area contributed by atoms with E-state index < -0.39 is 0 Å². The van der Waals surface area contributed by atoms with E-state index in [1.165, 1.54) is 25.7 Å². The first-order valence-corrected chi connectivity index (χ1v) is 6.35. The van der Waals surface area contributed by atoms with E-state index in [0.717, 1.165) is 25.6 Å². The summed E-state index contributed by atoms with van der Waals surface area (Å²) < 4.78 is 5.88. The smallest absolute Gasteiger partial charge is 0.0744 e. The number of unbranched alkanes of at least 4 members (excludes halogenated alkanes) is 1. The van der Waals surface area contributed by atoms with Crippen molar-refractivity contribution in [3.63, 3.8) is 0 Å². The Morgan fingerprint density at radius 1 is 1.47 bits per heavy atom. The summed E-state index contributed by atoms with van der Waals surface area (Å²) in [6, 6.07) is 0. The van der Waals surface area contributed by atoms with Crippen LogP contribution in [0.5, 0.6) is 0 Å². The van der Waals surface area contributed by atoms with Crippen molar-refractivity contribution in [1.82, 2.24) is 10.4 Å². The van der Waals surface area contributed by atoms with E-state index in [2.05, 4.69) is 24.3 Å². The Labute approximate surface area is 94.1 Å². The summed E-state index contributed by atoms with van der Waals surface area (Å²) in [5.41, 5.74) is 3.22. The summed E-state index contributed by atoms with van der Waals surface area (Å²) in [7, 11) is 2.00. The Kier molecular flexibility index (Phi) is 6.22. The first-order chi connectivity index (χ1) is 7.31. The zero-order chi connectivity index (χ0) is 11.1. The SMILES string of the molecule is CCCCC(CC)C1CN(NC)CCO1. The van der Waals surface area contributed by atoms with E-state index in [-0.39, 0.29) is 0 Å². The van der Waals surface area contributed by atoms with Crippen molar-refractivity contribution in [3.8, 4) is 0 Å². The van der Waals surface area contributed by atoms with Gasteiger partial charge in [0, 0.05) is 13.1 Å². The quantitative estimate of drug-likeness (QED) is 0.732. The van der Waals surface area contributed by atoms with Gasteiger partial charge in [0.1, 0.15) is 0 Å². The Morgan fingerprint density at radius 2 is 2.27 bits per heavy atom. The molecule has 90 valence electrons. The van der Waals surface area contributed by atoms with Crippen molar-refractivity contribution in [2.75, 3.05) is 26.7 Å². The van der Waals surface area contributed by atoms with Crippen LogP contribution in [0.15, 0.2) is 0 Å². The van der Waals surface area contributed by atoms with Gasteiger partial charge < -0.3 is 4.74 Å². The van der Waals surface area contributed by atoms with Crippen LogP contribution in [-0.2, 0) is 4.74 Å². The summed E-state index contributed by atoms with van der Waals surface area (Å²) >= 11 is 0. The van der Waals surface area contributed by atoms with Gasteiger partial charge in [0.05, 0.1) is 12.7 Å². The fourth-order valence-corrected chi connectivity index (χ4v) is 2.28. The van der Waals surface area contributed by atoms with Gasteiger partial charge in [-0.2, -0.15) is 0 Å². The minimum absolute atomic E-state index is 0.433. The molecule has 0 bridgehead atoms. The van der Waals surface area contributed by atoms with Crippen LogP contribution < -0.4 is 5.43 Å². The van der Waals surface area contributed by atoms with E-state index in [1.807, 2.05) is 7.05 Å². The molecule has 0 aromatic carbocycles. The standard InChI is InChI=1S/C12H26N2O/c1-4-6-7-11(5-2)12-10-14(13-3)8-9-15-12/h11-13H,4-10H2,1-3H3. The predicted molar refractivity (Wildman–Crippen MR) is 63.7 cm³/mol. The normalized spacial score (nSPS) is 25.4. The molecule has 0 saturated carbocycles. The molecule has 0 amide bonds. The molecule has 0 radical (unpaired) electrons. The average molecular weight is 214 g/mol. The number of nitrogens with one attached hydrogen (secondary N) is 1. The first kappa shape index (κ1) is 12.9. The zero-order valence-electron chi connectivity index (χ0n) is 10.5. The molecule has 1 aliphatic rings. The summed E-state index contributed by atoms with van der Waals surface area (Å²) in [6.45, 7) is 7.46. The molecule has 15 heavy (non-hydrogen) atoms. The van der Waals surface area contributed by atoms with Gasteiger partial charge in [0.2, 0.25) is 0 Å². The van der Waals surface area contributed by atoms with E-state index in [4.69, 9.17) is 4.74 Å². The summed E-state index contributed by atoms with van der Waals surface area (Å²) in [5.74, 6) is 0.737. The molecule has 1 N–H and O–H groups in total. The van der Waals surface area contributed by atoms with Crippen LogP contribution >= 0.6 is 0 Å². The fourth-order valence-electron chi connectivity index (χ4n) is 2.28. The van der Waals surface area contributed by atoms with Gasteiger partial charge in [-0.15, -0.1) is 0 Å². The second-order valence-electron chi connectivity index (χ2n) is 4.39. The van der Waals surface area contributed by atoms with E-state index in [1.54, 1.807) is 0 Å². The highest BCUT2D eigenvalue weighted by Gasteiger charge is 2.25. The molecule has 3 nitrogen and oxygen atoms in total. The largest absolute Gasteiger partial charge is 0.375 e. The Balaban J connectivity index is 2.37. The highest BCUT2D eigenvalue weighted by molar-refractivity contribution is 4.75. The summed E-state index contributed by atoms with van der Waals surface area (Å²) in [4.78, 5) is 0.